The van der Waals surface area contributed by atoms with E-state index in [1.165, 1.54) is 6.08 Å². The molecule has 0 aliphatic carbocycles. The third kappa shape index (κ3) is 5.91. The minimum atomic E-state index is -0.403. The molecule has 184 valence electrons. The molecule has 6 nitrogen and oxygen atoms in total. The number of carbonyl (C=O) groups is 1. The summed E-state index contributed by atoms with van der Waals surface area (Å²) in [5, 5.41) is 7.00. The molecule has 0 fully saturated rings. The Hall–Kier alpha value is -3.91. The minimum absolute atomic E-state index is 0.141. The van der Waals surface area contributed by atoms with Gasteiger partial charge in [-0.25, -0.2) is 4.98 Å². The molecule has 2 aromatic heterocycles. The summed E-state index contributed by atoms with van der Waals surface area (Å²) < 4.78 is 11.6. The third-order valence-electron chi connectivity index (χ3n) is 5.44. The van der Waals surface area contributed by atoms with E-state index in [-0.39, 0.29) is 5.11 Å². The number of oxazole rings is 1. The summed E-state index contributed by atoms with van der Waals surface area (Å²) in [6.07, 6.45) is 2.91. The SMILES string of the molecule is Cc1ccc(-c2ccc(/C=C/C(=O)NC(=S)Nc3ccc4oc(-c5cccc(Cl)c5)nc4c3)o2)cc1Cl. The van der Waals surface area contributed by atoms with E-state index < -0.39 is 5.91 Å². The zero-order chi connectivity index (χ0) is 25.9. The second kappa shape index (κ2) is 10.6. The number of rotatable bonds is 5. The van der Waals surface area contributed by atoms with E-state index in [2.05, 4.69) is 15.6 Å². The molecule has 37 heavy (non-hydrogen) atoms. The highest BCUT2D eigenvalue weighted by Crippen LogP contribution is 2.28. The normalized spacial score (nSPS) is 11.2. The Labute approximate surface area is 227 Å². The van der Waals surface area contributed by atoms with E-state index in [0.717, 1.165) is 16.7 Å². The van der Waals surface area contributed by atoms with Gasteiger partial charge in [0, 0.05) is 32.9 Å². The first-order valence-electron chi connectivity index (χ1n) is 11.2. The van der Waals surface area contributed by atoms with Crippen LogP contribution in [0, 0.1) is 6.92 Å². The highest BCUT2D eigenvalue weighted by Gasteiger charge is 2.11. The summed E-state index contributed by atoms with van der Waals surface area (Å²) >= 11 is 17.6. The van der Waals surface area contributed by atoms with Gasteiger partial charge in [0.2, 0.25) is 11.8 Å². The predicted molar refractivity (Wildman–Crippen MR) is 152 cm³/mol. The largest absolute Gasteiger partial charge is 0.457 e. The monoisotopic (exact) mass is 547 g/mol. The average Bonchev–Trinajstić information content (AvgIpc) is 3.51. The molecule has 9 heteroatoms. The Morgan fingerprint density at radius 3 is 2.65 bits per heavy atom. The molecule has 3 aromatic carbocycles. The van der Waals surface area contributed by atoms with Crippen LogP contribution < -0.4 is 10.6 Å². The lowest BCUT2D eigenvalue weighted by Gasteiger charge is -2.07. The van der Waals surface area contributed by atoms with Crippen molar-refractivity contribution in [3.8, 4) is 22.8 Å². The maximum atomic E-state index is 12.4. The fourth-order valence-electron chi connectivity index (χ4n) is 3.57. The zero-order valence-electron chi connectivity index (χ0n) is 19.4. The van der Waals surface area contributed by atoms with Crippen molar-refractivity contribution < 1.29 is 13.6 Å². The quantitative estimate of drug-likeness (QED) is 0.172. The first-order valence-corrected chi connectivity index (χ1v) is 12.3. The van der Waals surface area contributed by atoms with Crippen LogP contribution in [0.25, 0.3) is 40.0 Å². The maximum absolute atomic E-state index is 12.4. The van der Waals surface area contributed by atoms with Gasteiger partial charge in [0.1, 0.15) is 17.0 Å². The molecule has 0 saturated carbocycles. The van der Waals surface area contributed by atoms with Gasteiger partial charge in [-0.2, -0.15) is 0 Å². The van der Waals surface area contributed by atoms with E-state index in [1.54, 1.807) is 42.5 Å². The first kappa shape index (κ1) is 24.8. The van der Waals surface area contributed by atoms with Gasteiger partial charge in [0.15, 0.2) is 10.7 Å². The van der Waals surface area contributed by atoms with Crippen molar-refractivity contribution in [3.05, 3.63) is 100 Å². The summed E-state index contributed by atoms with van der Waals surface area (Å²) in [5.74, 6) is 1.23. The molecule has 0 atom stereocenters. The molecule has 2 N–H and O–H groups in total. The molecule has 2 heterocycles. The summed E-state index contributed by atoms with van der Waals surface area (Å²) in [6, 6.07) is 21.9. The van der Waals surface area contributed by atoms with Gasteiger partial charge >= 0.3 is 0 Å². The number of fused-ring (bicyclic) bond motifs is 1. The molecule has 0 unspecified atom stereocenters. The van der Waals surface area contributed by atoms with Gasteiger partial charge < -0.3 is 14.2 Å². The molecule has 0 saturated heterocycles. The molecule has 0 spiro atoms. The zero-order valence-corrected chi connectivity index (χ0v) is 21.7. The Bertz CT molecular complexity index is 1670. The number of carbonyl (C=O) groups excluding carboxylic acids is 1. The van der Waals surface area contributed by atoms with Crippen LogP contribution in [0.5, 0.6) is 0 Å². The number of nitrogens with zero attached hydrogens (tertiary/aromatic N) is 1. The summed E-state index contributed by atoms with van der Waals surface area (Å²) in [4.78, 5) is 16.9. The van der Waals surface area contributed by atoms with E-state index in [1.807, 2.05) is 43.3 Å². The number of thiocarbonyl (C=S) groups is 1. The Morgan fingerprint density at radius 1 is 0.973 bits per heavy atom. The topological polar surface area (TPSA) is 80.3 Å². The molecule has 5 rings (SSSR count). The average molecular weight is 548 g/mol. The highest BCUT2D eigenvalue weighted by molar-refractivity contribution is 7.80. The maximum Gasteiger partial charge on any atom is 0.250 e. The summed E-state index contributed by atoms with van der Waals surface area (Å²) in [5.41, 5.74) is 4.52. The lowest BCUT2D eigenvalue weighted by Crippen LogP contribution is -2.32. The van der Waals surface area contributed by atoms with E-state index in [4.69, 9.17) is 44.3 Å². The van der Waals surface area contributed by atoms with Gasteiger partial charge in [-0.15, -0.1) is 0 Å². The second-order valence-electron chi connectivity index (χ2n) is 8.15. The van der Waals surface area contributed by atoms with E-state index in [0.29, 0.717) is 44.2 Å². The number of aromatic nitrogens is 1. The summed E-state index contributed by atoms with van der Waals surface area (Å²) in [7, 11) is 0. The molecule has 0 aliphatic heterocycles. The first-order chi connectivity index (χ1) is 17.8. The number of anilines is 1. The number of furan rings is 1. The molecule has 5 aromatic rings. The summed E-state index contributed by atoms with van der Waals surface area (Å²) in [6.45, 7) is 1.94. The number of aryl methyl sites for hydroxylation is 1. The van der Waals surface area contributed by atoms with Gasteiger partial charge in [-0.05, 0) is 85.4 Å². The van der Waals surface area contributed by atoms with Crippen molar-refractivity contribution in [2.24, 2.45) is 0 Å². The van der Waals surface area contributed by atoms with Crippen molar-refractivity contribution >= 4 is 69.3 Å². The fraction of sp³-hybridized carbons (Fsp3) is 0.0357. The standard InChI is InChI=1S/C28H19Cl2N3O3S/c1-16-5-6-17(14-22(16)30)24-11-8-21(35-24)9-12-26(34)33-28(37)31-20-7-10-25-23(15-20)32-27(36-25)18-3-2-4-19(29)13-18/h2-15H,1H3,(H2,31,33,34,37)/b12-9+. The Kier molecular flexibility index (Phi) is 7.10. The minimum Gasteiger partial charge on any atom is -0.457 e. The fourth-order valence-corrected chi connectivity index (χ4v) is 4.16. The van der Waals surface area contributed by atoms with Crippen molar-refractivity contribution in [1.29, 1.82) is 0 Å². The van der Waals surface area contributed by atoms with Gasteiger partial charge in [-0.1, -0.05) is 41.4 Å². The molecular formula is C28H19Cl2N3O3S. The van der Waals surface area contributed by atoms with Crippen molar-refractivity contribution in [2.45, 2.75) is 6.92 Å². The van der Waals surface area contributed by atoms with Crippen LogP contribution in [0.4, 0.5) is 5.69 Å². The predicted octanol–water partition coefficient (Wildman–Crippen LogP) is 7.90. The van der Waals surface area contributed by atoms with Crippen LogP contribution in [0.1, 0.15) is 11.3 Å². The second-order valence-corrected chi connectivity index (χ2v) is 9.41. The van der Waals surface area contributed by atoms with Gasteiger partial charge in [0.05, 0.1) is 0 Å². The number of hydrogen-bond donors (Lipinski definition) is 2. The lowest BCUT2D eigenvalue weighted by atomic mass is 10.1. The van der Waals surface area contributed by atoms with Crippen LogP contribution >= 0.6 is 35.4 Å². The number of nitrogens with one attached hydrogen (secondary N) is 2. The van der Waals surface area contributed by atoms with Crippen molar-refractivity contribution in [2.75, 3.05) is 5.32 Å². The van der Waals surface area contributed by atoms with Crippen LogP contribution in [0.3, 0.4) is 0 Å². The molecular weight excluding hydrogens is 529 g/mol. The smallest absolute Gasteiger partial charge is 0.250 e. The van der Waals surface area contributed by atoms with Crippen LogP contribution in [0.15, 0.2) is 87.7 Å². The highest BCUT2D eigenvalue weighted by atomic mass is 35.5. The molecule has 0 bridgehead atoms. The third-order valence-corrected chi connectivity index (χ3v) is 6.28. The van der Waals surface area contributed by atoms with E-state index >= 15 is 0 Å². The van der Waals surface area contributed by atoms with Crippen LogP contribution in [-0.2, 0) is 4.79 Å². The number of amides is 1. The van der Waals surface area contributed by atoms with Crippen LogP contribution in [0.2, 0.25) is 10.0 Å². The number of benzene rings is 3. The Balaban J connectivity index is 1.20. The molecule has 1 amide bonds. The Morgan fingerprint density at radius 2 is 1.84 bits per heavy atom. The lowest BCUT2D eigenvalue weighted by molar-refractivity contribution is -0.115. The number of halogens is 2. The van der Waals surface area contributed by atoms with Crippen molar-refractivity contribution in [3.63, 3.8) is 0 Å². The van der Waals surface area contributed by atoms with Gasteiger partial charge in [-0.3, -0.25) is 10.1 Å². The van der Waals surface area contributed by atoms with E-state index in [9.17, 15) is 4.79 Å². The van der Waals surface area contributed by atoms with Gasteiger partial charge in [0.25, 0.3) is 0 Å². The molecule has 0 aliphatic rings. The van der Waals surface area contributed by atoms with Crippen molar-refractivity contribution in [1.82, 2.24) is 10.3 Å². The molecule has 0 radical (unpaired) electrons. The number of hydrogen-bond acceptors (Lipinski definition) is 5. The van der Waals surface area contributed by atoms with Crippen LogP contribution in [-0.4, -0.2) is 16.0 Å².